The van der Waals surface area contributed by atoms with Crippen molar-refractivity contribution < 1.29 is 14.3 Å². The standard InChI is InChI=1S/C14H28N2O3S/c1-10(2)9-15-12(17)11(7-8-20-6)16-13(18)19-14(3,4)5/h10-11H,7-9H2,1-6H3,(H,15,17)(H,16,18)/t11-/m0/s1. The Kier molecular flexibility index (Phi) is 8.69. The van der Waals surface area contributed by atoms with Crippen molar-refractivity contribution in [1.82, 2.24) is 10.6 Å². The van der Waals surface area contributed by atoms with Crippen LogP contribution in [0.25, 0.3) is 0 Å². The van der Waals surface area contributed by atoms with Crippen LogP contribution in [0.5, 0.6) is 0 Å². The topological polar surface area (TPSA) is 67.4 Å². The highest BCUT2D eigenvalue weighted by Crippen LogP contribution is 2.08. The van der Waals surface area contributed by atoms with Gasteiger partial charge < -0.3 is 15.4 Å². The number of carbonyl (C=O) groups excluding carboxylic acids is 2. The van der Waals surface area contributed by atoms with E-state index in [9.17, 15) is 9.59 Å². The summed E-state index contributed by atoms with van der Waals surface area (Å²) in [5.41, 5.74) is -0.567. The molecule has 0 saturated carbocycles. The van der Waals surface area contributed by atoms with E-state index in [0.29, 0.717) is 18.9 Å². The number of hydrogen-bond donors (Lipinski definition) is 2. The van der Waals surface area contributed by atoms with Crippen LogP contribution < -0.4 is 10.6 Å². The van der Waals surface area contributed by atoms with Crippen LogP contribution in [0.15, 0.2) is 0 Å². The van der Waals surface area contributed by atoms with E-state index in [1.807, 2.05) is 20.1 Å². The number of rotatable bonds is 7. The molecule has 0 bridgehead atoms. The van der Waals surface area contributed by atoms with Crippen molar-refractivity contribution in [2.75, 3.05) is 18.6 Å². The number of thioether (sulfide) groups is 1. The van der Waals surface area contributed by atoms with E-state index in [1.54, 1.807) is 32.5 Å². The van der Waals surface area contributed by atoms with Crippen LogP contribution in [0.3, 0.4) is 0 Å². The number of carbonyl (C=O) groups is 2. The zero-order valence-electron chi connectivity index (χ0n) is 13.4. The third kappa shape index (κ3) is 9.95. The molecule has 6 heteroatoms. The smallest absolute Gasteiger partial charge is 0.408 e. The Morgan fingerprint density at radius 2 is 1.85 bits per heavy atom. The second-order valence-corrected chi connectivity index (χ2v) is 7.10. The predicted octanol–water partition coefficient (Wildman–Crippen LogP) is 2.41. The minimum atomic E-state index is -0.567. The van der Waals surface area contributed by atoms with Gasteiger partial charge in [-0.3, -0.25) is 4.79 Å². The maximum atomic E-state index is 12.1. The molecule has 5 nitrogen and oxygen atoms in total. The van der Waals surface area contributed by atoms with Gasteiger partial charge in [-0.15, -0.1) is 0 Å². The Bertz CT molecular complexity index is 314. The lowest BCUT2D eigenvalue weighted by atomic mass is 10.2. The number of alkyl carbamates (subject to hydrolysis) is 1. The fourth-order valence-corrected chi connectivity index (χ4v) is 1.85. The molecule has 0 radical (unpaired) electrons. The van der Waals surface area contributed by atoms with Gasteiger partial charge in [0.15, 0.2) is 0 Å². The summed E-state index contributed by atoms with van der Waals surface area (Å²) in [4.78, 5) is 23.8. The fraction of sp³-hybridized carbons (Fsp3) is 0.857. The van der Waals surface area contributed by atoms with E-state index < -0.39 is 17.7 Å². The molecule has 0 unspecified atom stereocenters. The zero-order valence-corrected chi connectivity index (χ0v) is 14.2. The second kappa shape index (κ2) is 9.10. The number of amides is 2. The third-order valence-corrected chi connectivity index (χ3v) is 2.95. The van der Waals surface area contributed by atoms with Gasteiger partial charge in [0.1, 0.15) is 11.6 Å². The molecule has 20 heavy (non-hydrogen) atoms. The minimum Gasteiger partial charge on any atom is -0.444 e. The summed E-state index contributed by atoms with van der Waals surface area (Å²) < 4.78 is 5.19. The number of ether oxygens (including phenoxy) is 1. The molecule has 2 amide bonds. The first-order chi connectivity index (χ1) is 9.15. The van der Waals surface area contributed by atoms with E-state index in [0.717, 1.165) is 5.75 Å². The van der Waals surface area contributed by atoms with E-state index in [4.69, 9.17) is 4.74 Å². The molecule has 0 aromatic carbocycles. The fourth-order valence-electron chi connectivity index (χ4n) is 1.38. The molecule has 0 aromatic rings. The number of nitrogens with one attached hydrogen (secondary N) is 2. The van der Waals surface area contributed by atoms with Crippen LogP contribution >= 0.6 is 11.8 Å². The van der Waals surface area contributed by atoms with Crippen LogP contribution in [0.4, 0.5) is 4.79 Å². The van der Waals surface area contributed by atoms with Gasteiger partial charge in [0, 0.05) is 6.54 Å². The summed E-state index contributed by atoms with van der Waals surface area (Å²) in [5, 5.41) is 5.49. The lowest BCUT2D eigenvalue weighted by Crippen LogP contribution is -2.49. The molecule has 0 saturated heterocycles. The molecule has 0 spiro atoms. The first-order valence-electron chi connectivity index (χ1n) is 6.92. The molecule has 1 atom stereocenters. The van der Waals surface area contributed by atoms with Crippen molar-refractivity contribution >= 4 is 23.8 Å². The molecule has 0 aromatic heterocycles. The van der Waals surface area contributed by atoms with Crippen molar-refractivity contribution in [2.45, 2.75) is 52.7 Å². The molecular weight excluding hydrogens is 276 g/mol. The Morgan fingerprint density at radius 3 is 2.30 bits per heavy atom. The summed E-state index contributed by atoms with van der Waals surface area (Å²) in [6.07, 6.45) is 2.00. The third-order valence-electron chi connectivity index (χ3n) is 2.30. The maximum Gasteiger partial charge on any atom is 0.408 e. The highest BCUT2D eigenvalue weighted by Gasteiger charge is 2.23. The maximum absolute atomic E-state index is 12.1. The van der Waals surface area contributed by atoms with Gasteiger partial charge in [0.2, 0.25) is 5.91 Å². The SMILES string of the molecule is CSCC[C@H](NC(=O)OC(C)(C)C)C(=O)NCC(C)C. The average Bonchev–Trinajstić information content (AvgIpc) is 2.28. The first kappa shape index (κ1) is 19.1. The van der Waals surface area contributed by atoms with Crippen molar-refractivity contribution in [3.63, 3.8) is 0 Å². The number of hydrogen-bond acceptors (Lipinski definition) is 4. The van der Waals surface area contributed by atoms with E-state index in [2.05, 4.69) is 10.6 Å². The van der Waals surface area contributed by atoms with Crippen molar-refractivity contribution in [3.8, 4) is 0 Å². The van der Waals surface area contributed by atoms with Gasteiger partial charge in [-0.1, -0.05) is 13.8 Å². The molecular formula is C14H28N2O3S. The summed E-state index contributed by atoms with van der Waals surface area (Å²) in [5.74, 6) is 1.02. The van der Waals surface area contributed by atoms with Crippen LogP contribution in [-0.4, -0.2) is 42.2 Å². The Morgan fingerprint density at radius 1 is 1.25 bits per heavy atom. The van der Waals surface area contributed by atoms with E-state index in [1.165, 1.54) is 0 Å². The lowest BCUT2D eigenvalue weighted by molar-refractivity contribution is -0.123. The largest absolute Gasteiger partial charge is 0.444 e. The van der Waals surface area contributed by atoms with Gasteiger partial charge in [-0.25, -0.2) is 4.79 Å². The van der Waals surface area contributed by atoms with Crippen molar-refractivity contribution in [2.24, 2.45) is 5.92 Å². The van der Waals surface area contributed by atoms with Crippen molar-refractivity contribution in [3.05, 3.63) is 0 Å². The molecule has 2 N–H and O–H groups in total. The normalized spacial score (nSPS) is 12.9. The summed E-state index contributed by atoms with van der Waals surface area (Å²) in [6.45, 7) is 10.0. The van der Waals surface area contributed by atoms with Gasteiger partial charge in [-0.2, -0.15) is 11.8 Å². The zero-order chi connectivity index (χ0) is 15.8. The average molecular weight is 304 g/mol. The van der Waals surface area contributed by atoms with Gasteiger partial charge in [-0.05, 0) is 45.1 Å². The lowest BCUT2D eigenvalue weighted by Gasteiger charge is -2.23. The monoisotopic (exact) mass is 304 g/mol. The Hall–Kier alpha value is -0.910. The molecule has 0 heterocycles. The summed E-state index contributed by atoms with van der Waals surface area (Å²) in [6, 6.07) is -0.545. The van der Waals surface area contributed by atoms with E-state index >= 15 is 0 Å². The highest BCUT2D eigenvalue weighted by atomic mass is 32.2. The minimum absolute atomic E-state index is 0.154. The molecule has 118 valence electrons. The van der Waals surface area contributed by atoms with Gasteiger partial charge >= 0.3 is 6.09 Å². The van der Waals surface area contributed by atoms with Crippen LogP contribution in [-0.2, 0) is 9.53 Å². The molecule has 0 fully saturated rings. The second-order valence-electron chi connectivity index (χ2n) is 6.12. The van der Waals surface area contributed by atoms with Crippen molar-refractivity contribution in [1.29, 1.82) is 0 Å². The summed E-state index contributed by atoms with van der Waals surface area (Å²) >= 11 is 1.64. The quantitative estimate of drug-likeness (QED) is 0.758. The predicted molar refractivity (Wildman–Crippen MR) is 84.0 cm³/mol. The molecule has 0 aliphatic carbocycles. The highest BCUT2D eigenvalue weighted by molar-refractivity contribution is 7.98. The van der Waals surface area contributed by atoms with E-state index in [-0.39, 0.29) is 5.91 Å². The molecule has 0 aliphatic heterocycles. The Labute approximate surface area is 126 Å². The van der Waals surface area contributed by atoms with Gasteiger partial charge in [0.05, 0.1) is 0 Å². The van der Waals surface area contributed by atoms with Gasteiger partial charge in [0.25, 0.3) is 0 Å². The summed E-state index contributed by atoms with van der Waals surface area (Å²) in [7, 11) is 0. The van der Waals surface area contributed by atoms with Crippen LogP contribution in [0.2, 0.25) is 0 Å². The van der Waals surface area contributed by atoms with Crippen LogP contribution in [0.1, 0.15) is 41.0 Å². The molecule has 0 aliphatic rings. The first-order valence-corrected chi connectivity index (χ1v) is 8.31. The van der Waals surface area contributed by atoms with Crippen LogP contribution in [0, 0.1) is 5.92 Å². The molecule has 0 rings (SSSR count). The Balaban J connectivity index is 4.47.